The minimum atomic E-state index is -3.78. The average Bonchev–Trinajstić information content (AvgIpc) is 2.86. The van der Waals surface area contributed by atoms with Gasteiger partial charge in [-0.15, -0.1) is 0 Å². The van der Waals surface area contributed by atoms with Gasteiger partial charge in [0.25, 0.3) is 10.0 Å². The van der Waals surface area contributed by atoms with Gasteiger partial charge in [0, 0.05) is 5.69 Å². The number of nitrogens with zero attached hydrogens (tertiary/aromatic N) is 1. The van der Waals surface area contributed by atoms with Crippen molar-refractivity contribution in [3.05, 3.63) is 40.5 Å². The summed E-state index contributed by atoms with van der Waals surface area (Å²) in [5.74, 6) is -0.514. The first kappa shape index (κ1) is 15.7. The zero-order valence-corrected chi connectivity index (χ0v) is 13.3. The Morgan fingerprint density at radius 2 is 2.24 bits per heavy atom. The van der Waals surface area contributed by atoms with Crippen LogP contribution in [0.2, 0.25) is 4.47 Å². The fourth-order valence-corrected chi connectivity index (χ4v) is 3.84. The SMILES string of the molecule is CCOC(=O)c1cccc(NS(=O)(=O)c2cnc(Cl)s2)c1. The number of aromatic nitrogens is 1. The fourth-order valence-electron chi connectivity index (χ4n) is 1.49. The van der Waals surface area contributed by atoms with Gasteiger partial charge in [-0.25, -0.2) is 18.2 Å². The topological polar surface area (TPSA) is 85.4 Å². The van der Waals surface area contributed by atoms with Crippen molar-refractivity contribution in [3.63, 3.8) is 0 Å². The van der Waals surface area contributed by atoms with Crippen molar-refractivity contribution in [2.24, 2.45) is 0 Å². The molecule has 6 nitrogen and oxygen atoms in total. The molecule has 0 spiro atoms. The van der Waals surface area contributed by atoms with Crippen LogP contribution in [-0.2, 0) is 14.8 Å². The lowest BCUT2D eigenvalue weighted by atomic mass is 10.2. The number of ether oxygens (including phenoxy) is 1. The van der Waals surface area contributed by atoms with Gasteiger partial charge in [-0.1, -0.05) is 29.0 Å². The van der Waals surface area contributed by atoms with Gasteiger partial charge < -0.3 is 4.74 Å². The number of esters is 1. The number of carbonyl (C=O) groups excluding carboxylic acids is 1. The average molecular weight is 347 g/mol. The molecular weight excluding hydrogens is 336 g/mol. The molecule has 2 aromatic rings. The van der Waals surface area contributed by atoms with E-state index in [1.807, 2.05) is 0 Å². The molecule has 0 atom stereocenters. The van der Waals surface area contributed by atoms with Crippen molar-refractivity contribution in [1.82, 2.24) is 4.98 Å². The Balaban J connectivity index is 2.24. The lowest BCUT2D eigenvalue weighted by molar-refractivity contribution is 0.0526. The van der Waals surface area contributed by atoms with E-state index in [1.54, 1.807) is 19.1 Å². The minimum Gasteiger partial charge on any atom is -0.462 e. The number of carbonyl (C=O) groups is 1. The summed E-state index contributed by atoms with van der Waals surface area (Å²) < 4.78 is 31.6. The van der Waals surface area contributed by atoms with E-state index in [2.05, 4.69) is 9.71 Å². The first-order valence-electron chi connectivity index (χ1n) is 5.83. The number of anilines is 1. The van der Waals surface area contributed by atoms with Gasteiger partial charge in [0.2, 0.25) is 0 Å². The molecule has 0 aliphatic carbocycles. The summed E-state index contributed by atoms with van der Waals surface area (Å²) in [6.07, 6.45) is 1.17. The third-order valence-electron chi connectivity index (χ3n) is 2.35. The van der Waals surface area contributed by atoms with Crippen LogP contribution in [0.4, 0.5) is 5.69 Å². The standard InChI is InChI=1S/C12H11ClN2O4S2/c1-2-19-11(16)8-4-3-5-9(6-8)15-21(17,18)10-7-14-12(13)20-10/h3-7,15H,2H2,1H3. The fraction of sp³-hybridized carbons (Fsp3) is 0.167. The Bertz CT molecular complexity index is 758. The number of hydrogen-bond acceptors (Lipinski definition) is 6. The van der Waals surface area contributed by atoms with E-state index < -0.39 is 16.0 Å². The van der Waals surface area contributed by atoms with Crippen molar-refractivity contribution in [2.45, 2.75) is 11.1 Å². The second-order valence-electron chi connectivity index (χ2n) is 3.84. The number of benzene rings is 1. The van der Waals surface area contributed by atoms with E-state index in [0.717, 1.165) is 11.3 Å². The molecule has 0 bridgehead atoms. The Kier molecular flexibility index (Phi) is 4.81. The predicted molar refractivity (Wildman–Crippen MR) is 80.3 cm³/mol. The highest BCUT2D eigenvalue weighted by atomic mass is 35.5. The Labute approximate surface area is 130 Å². The van der Waals surface area contributed by atoms with Crippen LogP contribution in [0, 0.1) is 0 Å². The number of thiazole rings is 1. The summed E-state index contributed by atoms with van der Waals surface area (Å²) in [6, 6.07) is 6.03. The Hall–Kier alpha value is -1.64. The van der Waals surface area contributed by atoms with Crippen LogP contribution in [-0.4, -0.2) is 26.0 Å². The van der Waals surface area contributed by atoms with Gasteiger partial charge in [-0.3, -0.25) is 4.72 Å². The molecule has 21 heavy (non-hydrogen) atoms. The molecule has 0 aliphatic rings. The maximum atomic E-state index is 12.1. The maximum absolute atomic E-state index is 12.1. The predicted octanol–water partition coefficient (Wildman–Crippen LogP) is 2.77. The van der Waals surface area contributed by atoms with Gasteiger partial charge >= 0.3 is 5.97 Å². The second kappa shape index (κ2) is 6.42. The second-order valence-corrected chi connectivity index (χ2v) is 7.36. The van der Waals surface area contributed by atoms with E-state index in [9.17, 15) is 13.2 Å². The zero-order valence-electron chi connectivity index (χ0n) is 10.9. The number of hydrogen-bond donors (Lipinski definition) is 1. The van der Waals surface area contributed by atoms with Crippen LogP contribution in [0.5, 0.6) is 0 Å². The summed E-state index contributed by atoms with van der Waals surface area (Å²) in [5.41, 5.74) is 0.518. The molecule has 0 fully saturated rings. The normalized spacial score (nSPS) is 11.1. The summed E-state index contributed by atoms with van der Waals surface area (Å²) >= 11 is 6.47. The summed E-state index contributed by atoms with van der Waals surface area (Å²) in [6.45, 7) is 1.94. The van der Waals surface area contributed by atoms with E-state index in [0.29, 0.717) is 0 Å². The molecule has 1 N–H and O–H groups in total. The number of sulfonamides is 1. The minimum absolute atomic E-state index is 0.00552. The Morgan fingerprint density at radius 3 is 2.86 bits per heavy atom. The molecule has 0 amide bonds. The summed E-state index contributed by atoms with van der Waals surface area (Å²) in [4.78, 5) is 15.3. The highest BCUT2D eigenvalue weighted by Gasteiger charge is 2.18. The van der Waals surface area contributed by atoms with Crippen LogP contribution >= 0.6 is 22.9 Å². The lowest BCUT2D eigenvalue weighted by Crippen LogP contribution is -2.12. The number of nitrogens with one attached hydrogen (secondary N) is 1. The van der Waals surface area contributed by atoms with Crippen LogP contribution in [0.15, 0.2) is 34.7 Å². The highest BCUT2D eigenvalue weighted by molar-refractivity contribution is 7.94. The van der Waals surface area contributed by atoms with Crippen LogP contribution in [0.25, 0.3) is 0 Å². The van der Waals surface area contributed by atoms with Gasteiger partial charge in [-0.2, -0.15) is 0 Å². The van der Waals surface area contributed by atoms with Gasteiger partial charge in [-0.05, 0) is 25.1 Å². The molecule has 9 heteroatoms. The van der Waals surface area contributed by atoms with E-state index in [1.165, 1.54) is 18.3 Å². The Morgan fingerprint density at radius 1 is 1.48 bits per heavy atom. The molecule has 2 rings (SSSR count). The van der Waals surface area contributed by atoms with Crippen molar-refractivity contribution in [1.29, 1.82) is 0 Å². The maximum Gasteiger partial charge on any atom is 0.338 e. The molecule has 0 aliphatic heterocycles. The third-order valence-corrected chi connectivity index (χ3v) is 5.30. The summed E-state index contributed by atoms with van der Waals surface area (Å²) in [5, 5.41) is 0. The van der Waals surface area contributed by atoms with Crippen LogP contribution in [0.1, 0.15) is 17.3 Å². The van der Waals surface area contributed by atoms with E-state index in [4.69, 9.17) is 16.3 Å². The molecular formula is C12H11ClN2O4S2. The van der Waals surface area contributed by atoms with Crippen molar-refractivity contribution >= 4 is 44.6 Å². The van der Waals surface area contributed by atoms with Gasteiger partial charge in [0.15, 0.2) is 8.68 Å². The first-order valence-corrected chi connectivity index (χ1v) is 8.51. The third kappa shape index (κ3) is 3.93. The number of halogens is 1. The van der Waals surface area contributed by atoms with E-state index in [-0.39, 0.29) is 26.5 Å². The van der Waals surface area contributed by atoms with Gasteiger partial charge in [0.1, 0.15) is 0 Å². The molecule has 0 unspecified atom stereocenters. The van der Waals surface area contributed by atoms with Crippen molar-refractivity contribution in [2.75, 3.05) is 11.3 Å². The molecule has 0 saturated carbocycles. The quantitative estimate of drug-likeness (QED) is 0.841. The molecule has 1 aromatic heterocycles. The highest BCUT2D eigenvalue weighted by Crippen LogP contribution is 2.25. The van der Waals surface area contributed by atoms with Crippen LogP contribution < -0.4 is 4.72 Å². The largest absolute Gasteiger partial charge is 0.462 e. The molecule has 112 valence electrons. The summed E-state index contributed by atoms with van der Waals surface area (Å²) in [7, 11) is -3.78. The van der Waals surface area contributed by atoms with Crippen LogP contribution in [0.3, 0.4) is 0 Å². The van der Waals surface area contributed by atoms with Crippen molar-refractivity contribution in [3.8, 4) is 0 Å². The lowest BCUT2D eigenvalue weighted by Gasteiger charge is -2.07. The first-order chi connectivity index (χ1) is 9.92. The molecule has 1 heterocycles. The molecule has 0 radical (unpaired) electrons. The van der Waals surface area contributed by atoms with E-state index >= 15 is 0 Å². The van der Waals surface area contributed by atoms with Crippen molar-refractivity contribution < 1.29 is 17.9 Å². The monoisotopic (exact) mass is 346 g/mol. The molecule has 0 saturated heterocycles. The molecule has 1 aromatic carbocycles. The smallest absolute Gasteiger partial charge is 0.338 e. The number of rotatable bonds is 5. The van der Waals surface area contributed by atoms with Gasteiger partial charge in [0.05, 0.1) is 18.4 Å². The zero-order chi connectivity index (χ0) is 15.5.